The molecule has 3 heterocycles. The van der Waals surface area contributed by atoms with Crippen molar-refractivity contribution in [1.82, 2.24) is 34.4 Å². The molecule has 51 heavy (non-hydrogen) atoms. The van der Waals surface area contributed by atoms with Gasteiger partial charge in [-0.2, -0.15) is 10.1 Å². The maximum Gasteiger partial charge on any atom is 0.277 e. The number of H-pyrrole nitrogens is 1. The first-order chi connectivity index (χ1) is 24.7. The van der Waals surface area contributed by atoms with Crippen molar-refractivity contribution in [3.8, 4) is 11.1 Å². The standard InChI is InChI=1S/C39H43ClFN7O2S/c1-28(33-22-42-43-23-33)36-25-48(39(44-38(36)50)51-27-30-6-14-35(41)15-7-30)26-37(49)47(17-3-16-46-20-18-45(2)19-21-46)24-29-4-8-31(9-5-29)32-10-12-34(40)13-11-32/h4-15,22-23,25,28H,3,16-21,24,26-27H2,1-2H3,(H,42,43). The van der Waals surface area contributed by atoms with Crippen molar-refractivity contribution in [2.45, 2.75) is 43.3 Å². The van der Waals surface area contributed by atoms with E-state index in [2.05, 4.69) is 56.3 Å². The summed E-state index contributed by atoms with van der Waals surface area (Å²) in [5.74, 6) is -0.188. The minimum Gasteiger partial charge on any atom is -0.337 e. The van der Waals surface area contributed by atoms with Crippen molar-refractivity contribution < 1.29 is 9.18 Å². The number of amides is 1. The van der Waals surface area contributed by atoms with Crippen molar-refractivity contribution in [3.05, 3.63) is 135 Å². The first-order valence-corrected chi connectivity index (χ1v) is 18.6. The summed E-state index contributed by atoms with van der Waals surface area (Å²) < 4.78 is 15.4. The van der Waals surface area contributed by atoms with Crippen LogP contribution in [0.5, 0.6) is 0 Å². The average molecular weight is 728 g/mol. The summed E-state index contributed by atoms with van der Waals surface area (Å²) in [7, 11) is 2.15. The summed E-state index contributed by atoms with van der Waals surface area (Å²) in [4.78, 5) is 38.9. The number of rotatable bonds is 14. The van der Waals surface area contributed by atoms with Gasteiger partial charge in [0.25, 0.3) is 5.56 Å². The van der Waals surface area contributed by atoms with E-state index in [1.165, 1.54) is 23.9 Å². The molecule has 0 radical (unpaired) electrons. The van der Waals surface area contributed by atoms with E-state index >= 15 is 0 Å². The van der Waals surface area contributed by atoms with Crippen LogP contribution in [0.15, 0.2) is 101 Å². The fourth-order valence-corrected chi connectivity index (χ4v) is 7.23. The molecule has 266 valence electrons. The van der Waals surface area contributed by atoms with Crippen LogP contribution in [0.4, 0.5) is 4.39 Å². The summed E-state index contributed by atoms with van der Waals surface area (Å²) in [6.45, 7) is 8.02. The fraction of sp³-hybridized carbons (Fsp3) is 0.333. The number of nitrogens with one attached hydrogen (secondary N) is 1. The number of thioether (sulfide) groups is 1. The monoisotopic (exact) mass is 727 g/mol. The Morgan fingerprint density at radius 2 is 1.65 bits per heavy atom. The molecule has 1 atom stereocenters. The largest absolute Gasteiger partial charge is 0.337 e. The van der Waals surface area contributed by atoms with Gasteiger partial charge in [0, 0.05) is 73.9 Å². The number of piperazine rings is 1. The van der Waals surface area contributed by atoms with Gasteiger partial charge >= 0.3 is 0 Å². The van der Waals surface area contributed by atoms with Crippen molar-refractivity contribution >= 4 is 29.3 Å². The number of aromatic amines is 1. The van der Waals surface area contributed by atoms with Crippen LogP contribution in [-0.4, -0.2) is 86.7 Å². The molecule has 12 heteroatoms. The number of halogens is 2. The van der Waals surface area contributed by atoms with E-state index in [-0.39, 0.29) is 29.7 Å². The van der Waals surface area contributed by atoms with E-state index in [1.807, 2.05) is 36.1 Å². The molecule has 1 aliphatic rings. The molecule has 1 unspecified atom stereocenters. The summed E-state index contributed by atoms with van der Waals surface area (Å²) in [6.07, 6.45) is 6.06. The Bertz CT molecular complexity index is 1930. The second kappa shape index (κ2) is 17.3. The highest BCUT2D eigenvalue weighted by atomic mass is 35.5. The number of hydrogen-bond acceptors (Lipinski definition) is 7. The third kappa shape index (κ3) is 9.94. The van der Waals surface area contributed by atoms with Crippen molar-refractivity contribution in [3.63, 3.8) is 0 Å². The third-order valence-electron chi connectivity index (χ3n) is 9.41. The van der Waals surface area contributed by atoms with Crippen molar-refractivity contribution in [2.75, 3.05) is 46.3 Å². The van der Waals surface area contributed by atoms with E-state index in [9.17, 15) is 14.0 Å². The number of likely N-dealkylation sites (N-methyl/N-ethyl adjacent to an activating group) is 1. The van der Waals surface area contributed by atoms with Gasteiger partial charge in [0.1, 0.15) is 12.4 Å². The first-order valence-electron chi connectivity index (χ1n) is 17.2. The second-order valence-corrected chi connectivity index (χ2v) is 14.5. The number of nitrogens with zero attached hydrogens (tertiary/aromatic N) is 6. The van der Waals surface area contributed by atoms with Crippen LogP contribution in [0.3, 0.4) is 0 Å². The quantitative estimate of drug-likeness (QED) is 0.103. The molecule has 9 nitrogen and oxygen atoms in total. The van der Waals surface area contributed by atoms with E-state index < -0.39 is 0 Å². The van der Waals surface area contributed by atoms with E-state index in [0.717, 1.165) is 67.0 Å². The summed E-state index contributed by atoms with van der Waals surface area (Å²) in [6, 6.07) is 22.3. The van der Waals surface area contributed by atoms with E-state index in [1.54, 1.807) is 35.3 Å². The highest BCUT2D eigenvalue weighted by molar-refractivity contribution is 7.98. The molecule has 1 amide bonds. The summed E-state index contributed by atoms with van der Waals surface area (Å²) in [5, 5.41) is 8.00. The number of hydrogen-bond donors (Lipinski definition) is 1. The lowest BCUT2D eigenvalue weighted by Crippen LogP contribution is -2.45. The van der Waals surface area contributed by atoms with Gasteiger partial charge in [-0.05, 0) is 72.1 Å². The maximum absolute atomic E-state index is 14.3. The van der Waals surface area contributed by atoms with Crippen LogP contribution in [0.25, 0.3) is 11.1 Å². The topological polar surface area (TPSA) is 90.4 Å². The number of aromatic nitrogens is 4. The van der Waals surface area contributed by atoms with Gasteiger partial charge in [-0.25, -0.2) is 4.39 Å². The van der Waals surface area contributed by atoms with Gasteiger partial charge < -0.3 is 19.3 Å². The summed E-state index contributed by atoms with van der Waals surface area (Å²) in [5.41, 5.74) is 5.04. The first kappa shape index (κ1) is 36.5. The van der Waals surface area contributed by atoms with Crippen molar-refractivity contribution in [1.29, 1.82) is 0 Å². The van der Waals surface area contributed by atoms with E-state index in [4.69, 9.17) is 11.6 Å². The smallest absolute Gasteiger partial charge is 0.277 e. The minimum atomic E-state index is -0.348. The van der Waals surface area contributed by atoms with Crippen LogP contribution >= 0.6 is 23.4 Å². The van der Waals surface area contributed by atoms with E-state index in [0.29, 0.717) is 34.6 Å². The van der Waals surface area contributed by atoms with Crippen LogP contribution in [0.1, 0.15) is 41.5 Å². The third-order valence-corrected chi connectivity index (χ3v) is 10.7. The Kier molecular flexibility index (Phi) is 12.4. The average Bonchev–Trinajstić information content (AvgIpc) is 3.68. The number of carbonyl (C=O) groups excluding carboxylic acids is 1. The highest BCUT2D eigenvalue weighted by Gasteiger charge is 2.22. The molecule has 1 aliphatic heterocycles. The fourth-order valence-electron chi connectivity index (χ4n) is 6.18. The zero-order valence-electron chi connectivity index (χ0n) is 29.0. The molecule has 0 bridgehead atoms. The molecule has 3 aromatic carbocycles. The molecule has 0 saturated carbocycles. The van der Waals surface area contributed by atoms with Gasteiger partial charge in [0.15, 0.2) is 5.16 Å². The molecule has 2 aromatic heterocycles. The lowest BCUT2D eigenvalue weighted by molar-refractivity contribution is -0.132. The Labute approximate surface area is 307 Å². The number of carbonyl (C=O) groups is 1. The predicted molar refractivity (Wildman–Crippen MR) is 201 cm³/mol. The molecule has 1 N–H and O–H groups in total. The normalized spacial score (nSPS) is 14.4. The zero-order valence-corrected chi connectivity index (χ0v) is 30.5. The molecule has 0 aliphatic carbocycles. The van der Waals surface area contributed by atoms with Gasteiger partial charge in [0.05, 0.1) is 6.20 Å². The zero-order chi connectivity index (χ0) is 35.7. The van der Waals surface area contributed by atoms with Gasteiger partial charge in [-0.3, -0.25) is 14.7 Å². The Morgan fingerprint density at radius 3 is 2.31 bits per heavy atom. The Balaban J connectivity index is 1.24. The predicted octanol–water partition coefficient (Wildman–Crippen LogP) is 6.54. The van der Waals surface area contributed by atoms with Crippen molar-refractivity contribution in [2.24, 2.45) is 0 Å². The molecule has 1 fully saturated rings. The molecule has 6 rings (SSSR count). The summed E-state index contributed by atoms with van der Waals surface area (Å²) >= 11 is 7.46. The van der Waals surface area contributed by atoms with Gasteiger partial charge in [0.2, 0.25) is 5.91 Å². The van der Waals surface area contributed by atoms with Gasteiger partial charge in [-0.15, -0.1) is 0 Å². The minimum absolute atomic E-state index is 0.0154. The molecular formula is C39H43ClFN7O2S. The van der Waals surface area contributed by atoms with Crippen LogP contribution in [0, 0.1) is 5.82 Å². The maximum atomic E-state index is 14.3. The SMILES string of the molecule is CC(c1cn[nH]c1)c1cn(CC(=O)N(CCCN2CCN(C)CC2)Cc2ccc(-c3ccc(Cl)cc3)cc2)c(SCc2ccc(F)cc2)nc1=O. The van der Waals surface area contributed by atoms with Crippen LogP contribution < -0.4 is 5.56 Å². The second-order valence-electron chi connectivity index (χ2n) is 13.1. The molecule has 0 spiro atoms. The Hall–Kier alpha value is -4.29. The molecular weight excluding hydrogens is 685 g/mol. The van der Waals surface area contributed by atoms with Crippen LogP contribution in [0.2, 0.25) is 5.02 Å². The lowest BCUT2D eigenvalue weighted by Gasteiger charge is -2.33. The lowest BCUT2D eigenvalue weighted by atomic mass is 9.98. The van der Waals surface area contributed by atoms with Gasteiger partial charge in [-0.1, -0.05) is 78.8 Å². The molecule has 5 aromatic rings. The van der Waals surface area contributed by atoms with Crippen LogP contribution in [-0.2, 0) is 23.6 Å². The highest BCUT2D eigenvalue weighted by Crippen LogP contribution is 2.26. The Morgan fingerprint density at radius 1 is 0.980 bits per heavy atom. The number of benzene rings is 3. The molecule has 1 saturated heterocycles.